The number of rotatable bonds is 2. The van der Waals surface area contributed by atoms with E-state index < -0.39 is 6.10 Å². The van der Waals surface area contributed by atoms with Gasteiger partial charge in [0.15, 0.2) is 0 Å². The SMILES string of the molecule is CC(C)O[C@H]1C[C@@]2(C)C(CC[C@@H]3C2C(=O)C[C@@]2(C)C3CC[C@@H]2C#N)C[C@@H]1O. The molecule has 4 heteroatoms. The van der Waals surface area contributed by atoms with Crippen molar-refractivity contribution < 1.29 is 14.6 Å². The fourth-order valence-corrected chi connectivity index (χ4v) is 7.77. The molecule has 0 spiro atoms. The summed E-state index contributed by atoms with van der Waals surface area (Å²) in [6.45, 7) is 8.54. The van der Waals surface area contributed by atoms with Gasteiger partial charge in [0.1, 0.15) is 5.78 Å². The van der Waals surface area contributed by atoms with Crippen molar-refractivity contribution in [2.45, 2.75) is 91.0 Å². The maximum atomic E-state index is 13.5. The van der Waals surface area contributed by atoms with E-state index in [1.165, 1.54) is 0 Å². The number of hydrogen-bond acceptors (Lipinski definition) is 4. The minimum atomic E-state index is -0.416. The van der Waals surface area contributed by atoms with Crippen molar-refractivity contribution in [3.05, 3.63) is 0 Å². The Morgan fingerprint density at radius 3 is 2.59 bits per heavy atom. The first kappa shape index (κ1) is 19.4. The Balaban J connectivity index is 1.65. The van der Waals surface area contributed by atoms with E-state index in [9.17, 15) is 15.2 Å². The third kappa shape index (κ3) is 2.80. The van der Waals surface area contributed by atoms with Gasteiger partial charge in [-0.05, 0) is 81.0 Å². The summed E-state index contributed by atoms with van der Waals surface area (Å²) >= 11 is 0. The molecule has 9 atom stereocenters. The molecule has 4 aliphatic rings. The van der Waals surface area contributed by atoms with Gasteiger partial charge in [0.25, 0.3) is 0 Å². The van der Waals surface area contributed by atoms with E-state index in [1.807, 2.05) is 13.8 Å². The minimum absolute atomic E-state index is 0.0307. The first-order valence-electron chi connectivity index (χ1n) is 11.0. The Kier molecular flexibility index (Phi) is 4.71. The molecule has 0 saturated heterocycles. The molecule has 0 aromatic heterocycles. The van der Waals surface area contributed by atoms with Crippen LogP contribution >= 0.6 is 0 Å². The second-order valence-electron chi connectivity index (χ2n) is 10.7. The Morgan fingerprint density at radius 2 is 1.93 bits per heavy atom. The van der Waals surface area contributed by atoms with Crippen LogP contribution in [0.2, 0.25) is 0 Å². The summed E-state index contributed by atoms with van der Waals surface area (Å²) in [5, 5.41) is 20.3. The van der Waals surface area contributed by atoms with E-state index in [0.717, 1.165) is 38.5 Å². The number of carbonyl (C=O) groups is 1. The van der Waals surface area contributed by atoms with E-state index >= 15 is 0 Å². The fourth-order valence-electron chi connectivity index (χ4n) is 7.77. The topological polar surface area (TPSA) is 70.3 Å². The van der Waals surface area contributed by atoms with Crippen LogP contribution in [0, 0.1) is 51.8 Å². The average molecular weight is 374 g/mol. The van der Waals surface area contributed by atoms with Crippen molar-refractivity contribution in [2.24, 2.45) is 40.4 Å². The number of ketones is 1. The van der Waals surface area contributed by atoms with Gasteiger partial charge >= 0.3 is 0 Å². The molecule has 4 rings (SSSR count). The standard InChI is InChI=1S/C23H35NO3/c1-13(2)27-20-11-23(4)14(9-18(20)25)5-7-16-17-8-6-15(12-24)22(17,3)10-19(26)21(16)23/h13-18,20-21,25H,5-11H2,1-4H3/t14?,15-,16+,17?,18+,20+,21?,22-,23+/m1/s1. The molecule has 0 radical (unpaired) electrons. The highest BCUT2D eigenvalue weighted by Gasteiger charge is 2.64. The van der Waals surface area contributed by atoms with Gasteiger partial charge in [0, 0.05) is 12.3 Å². The molecule has 0 amide bonds. The summed E-state index contributed by atoms with van der Waals surface area (Å²) in [7, 11) is 0. The Labute approximate surface area is 163 Å². The molecule has 4 aliphatic carbocycles. The van der Waals surface area contributed by atoms with Crippen molar-refractivity contribution in [1.29, 1.82) is 5.26 Å². The number of nitriles is 1. The van der Waals surface area contributed by atoms with Gasteiger partial charge in [0.2, 0.25) is 0 Å². The van der Waals surface area contributed by atoms with Crippen molar-refractivity contribution in [2.75, 3.05) is 0 Å². The normalized spacial score (nSPS) is 52.0. The lowest BCUT2D eigenvalue weighted by Crippen LogP contribution is -2.60. The summed E-state index contributed by atoms with van der Waals surface area (Å²) < 4.78 is 6.07. The fraction of sp³-hybridized carbons (Fsp3) is 0.913. The smallest absolute Gasteiger partial charge is 0.137 e. The maximum Gasteiger partial charge on any atom is 0.137 e. The lowest BCUT2D eigenvalue weighted by atomic mass is 9.44. The third-order valence-corrected chi connectivity index (χ3v) is 8.95. The van der Waals surface area contributed by atoms with Crippen LogP contribution in [0.1, 0.15) is 72.6 Å². The van der Waals surface area contributed by atoms with Crippen molar-refractivity contribution >= 4 is 5.78 Å². The second-order valence-corrected chi connectivity index (χ2v) is 10.7. The molecule has 0 bridgehead atoms. The lowest BCUT2D eigenvalue weighted by Gasteiger charge is -2.60. The number of fused-ring (bicyclic) bond motifs is 5. The molecule has 0 aromatic carbocycles. The molecule has 4 saturated carbocycles. The summed E-state index contributed by atoms with van der Waals surface area (Å²) in [5.41, 5.74) is -0.205. The molecule has 150 valence electrons. The number of aliphatic hydroxyl groups is 1. The van der Waals surface area contributed by atoms with Crippen LogP contribution in [0.5, 0.6) is 0 Å². The summed E-state index contributed by atoms with van der Waals surface area (Å²) in [4.78, 5) is 13.5. The van der Waals surface area contributed by atoms with Gasteiger partial charge in [-0.3, -0.25) is 4.79 Å². The lowest BCUT2D eigenvalue weighted by molar-refractivity contribution is -0.184. The molecular formula is C23H35NO3. The van der Waals surface area contributed by atoms with Gasteiger partial charge in [-0.25, -0.2) is 0 Å². The van der Waals surface area contributed by atoms with Crippen molar-refractivity contribution in [3.8, 4) is 6.07 Å². The zero-order valence-electron chi connectivity index (χ0n) is 17.3. The predicted octanol–water partition coefficient (Wildman–Crippen LogP) is 4.11. The maximum absolute atomic E-state index is 13.5. The highest BCUT2D eigenvalue weighted by atomic mass is 16.5. The van der Waals surface area contributed by atoms with Gasteiger partial charge < -0.3 is 9.84 Å². The molecule has 0 aliphatic heterocycles. The second kappa shape index (κ2) is 6.56. The Morgan fingerprint density at radius 1 is 1.19 bits per heavy atom. The predicted molar refractivity (Wildman–Crippen MR) is 103 cm³/mol. The molecule has 4 nitrogen and oxygen atoms in total. The highest BCUT2D eigenvalue weighted by Crippen LogP contribution is 2.66. The van der Waals surface area contributed by atoms with E-state index in [1.54, 1.807) is 0 Å². The number of nitrogens with zero attached hydrogens (tertiary/aromatic N) is 1. The van der Waals surface area contributed by atoms with E-state index in [2.05, 4.69) is 19.9 Å². The number of aliphatic hydroxyl groups excluding tert-OH is 1. The average Bonchev–Trinajstić information content (AvgIpc) is 2.91. The zero-order valence-corrected chi connectivity index (χ0v) is 17.3. The first-order chi connectivity index (χ1) is 12.7. The van der Waals surface area contributed by atoms with Crippen LogP contribution in [-0.4, -0.2) is 29.2 Å². The molecule has 27 heavy (non-hydrogen) atoms. The quantitative estimate of drug-likeness (QED) is 0.791. The van der Waals surface area contributed by atoms with Crippen molar-refractivity contribution in [1.82, 2.24) is 0 Å². The van der Waals surface area contributed by atoms with E-state index in [-0.39, 0.29) is 34.9 Å². The number of Topliss-reactive ketones (excluding diaryl/α,β-unsaturated/α-hetero) is 1. The van der Waals surface area contributed by atoms with Crippen LogP contribution in [0.25, 0.3) is 0 Å². The van der Waals surface area contributed by atoms with Gasteiger partial charge in [-0.15, -0.1) is 0 Å². The van der Waals surface area contributed by atoms with Gasteiger partial charge in [-0.2, -0.15) is 5.26 Å². The van der Waals surface area contributed by atoms with Crippen LogP contribution in [0.15, 0.2) is 0 Å². The largest absolute Gasteiger partial charge is 0.390 e. The molecule has 0 heterocycles. The number of ether oxygens (including phenoxy) is 1. The molecule has 1 N–H and O–H groups in total. The minimum Gasteiger partial charge on any atom is -0.390 e. The molecule has 0 aromatic rings. The number of carbonyl (C=O) groups excluding carboxylic acids is 1. The summed E-state index contributed by atoms with van der Waals surface area (Å²) in [6.07, 6.45) is 5.84. The Bertz CT molecular complexity index is 654. The van der Waals surface area contributed by atoms with Gasteiger partial charge in [-0.1, -0.05) is 13.8 Å². The van der Waals surface area contributed by atoms with Crippen LogP contribution < -0.4 is 0 Å². The Hall–Kier alpha value is -0.920. The van der Waals surface area contributed by atoms with Crippen LogP contribution in [0.4, 0.5) is 0 Å². The number of hydrogen-bond donors (Lipinski definition) is 1. The summed E-state index contributed by atoms with van der Waals surface area (Å²) in [6, 6.07) is 2.51. The van der Waals surface area contributed by atoms with Crippen molar-refractivity contribution in [3.63, 3.8) is 0 Å². The van der Waals surface area contributed by atoms with Crippen LogP contribution in [0.3, 0.4) is 0 Å². The summed E-state index contributed by atoms with van der Waals surface area (Å²) in [5.74, 6) is 1.81. The molecular weight excluding hydrogens is 338 g/mol. The molecule has 3 unspecified atom stereocenters. The van der Waals surface area contributed by atoms with E-state index in [4.69, 9.17) is 4.74 Å². The monoisotopic (exact) mass is 373 g/mol. The third-order valence-electron chi connectivity index (χ3n) is 8.95. The van der Waals surface area contributed by atoms with E-state index in [0.29, 0.717) is 30.0 Å². The highest BCUT2D eigenvalue weighted by molar-refractivity contribution is 5.84. The van der Waals surface area contributed by atoms with Gasteiger partial charge in [0.05, 0.1) is 30.3 Å². The molecule has 4 fully saturated rings. The zero-order chi connectivity index (χ0) is 19.6. The van der Waals surface area contributed by atoms with Crippen LogP contribution in [-0.2, 0) is 9.53 Å². The first-order valence-corrected chi connectivity index (χ1v) is 11.0.